The normalized spacial score (nSPS) is 20.8. The number of carbonyl (C=O) groups is 1. The average molecular weight is 422 g/mol. The monoisotopic (exact) mass is 421 g/mol. The molecule has 0 radical (unpaired) electrons. The number of likely N-dealkylation sites (tertiary alicyclic amines) is 1. The molecule has 31 heavy (non-hydrogen) atoms. The smallest absolute Gasteiger partial charge is 0.229 e. The highest BCUT2D eigenvalue weighted by Crippen LogP contribution is 2.32. The Hall–Kier alpha value is -2.47. The minimum Gasteiger partial charge on any atom is -0.354 e. The summed E-state index contributed by atoms with van der Waals surface area (Å²) >= 11 is 0. The van der Waals surface area contributed by atoms with Gasteiger partial charge in [-0.15, -0.1) is 5.10 Å². The van der Waals surface area contributed by atoms with Crippen LogP contribution in [0, 0.1) is 12.8 Å². The maximum Gasteiger partial charge on any atom is 0.229 e. The number of benzene rings is 1. The number of aromatic nitrogens is 2. The van der Waals surface area contributed by atoms with Crippen molar-refractivity contribution in [1.82, 2.24) is 15.1 Å². The molecule has 1 N–H and O–H groups in total. The molecule has 2 aromatic rings. The number of nitrogens with zero attached hydrogens (tertiary/aromatic N) is 4. The Morgan fingerprint density at radius 2 is 1.74 bits per heavy atom. The first kappa shape index (κ1) is 21.8. The lowest BCUT2D eigenvalue weighted by Crippen LogP contribution is -2.45. The van der Waals surface area contributed by atoms with E-state index >= 15 is 0 Å². The Kier molecular flexibility index (Phi) is 6.28. The van der Waals surface area contributed by atoms with Gasteiger partial charge in [0, 0.05) is 24.3 Å². The fourth-order valence-corrected chi connectivity index (χ4v) is 4.83. The number of nitrogens with one attached hydrogen (secondary N) is 1. The molecule has 2 saturated heterocycles. The lowest BCUT2D eigenvalue weighted by molar-refractivity contribution is -0.119. The zero-order chi connectivity index (χ0) is 22.0. The van der Waals surface area contributed by atoms with E-state index < -0.39 is 0 Å². The van der Waals surface area contributed by atoms with Gasteiger partial charge >= 0.3 is 0 Å². The standard InChI is InChI=1S/C25H35N5O/c1-18-9-13-26-28-23(18)29-14-10-21(17-29)24(31)27-22-7-5-19(6-8-22)20-11-15-30(16-12-20)25(2,3)4/h5-9,13,20-21H,10-12,14-17H2,1-4H3,(H,27,31)/t21-/m0/s1. The molecule has 1 amide bonds. The third-order valence-electron chi connectivity index (χ3n) is 6.85. The molecule has 0 unspecified atom stereocenters. The quantitative estimate of drug-likeness (QED) is 0.801. The van der Waals surface area contributed by atoms with E-state index in [1.807, 2.05) is 13.0 Å². The van der Waals surface area contributed by atoms with Gasteiger partial charge in [0.25, 0.3) is 0 Å². The predicted molar refractivity (Wildman–Crippen MR) is 125 cm³/mol. The van der Waals surface area contributed by atoms with E-state index in [1.165, 1.54) is 18.4 Å². The minimum absolute atomic E-state index is 0.0252. The first-order valence-electron chi connectivity index (χ1n) is 11.5. The molecule has 6 heteroatoms. The van der Waals surface area contributed by atoms with Crippen molar-refractivity contribution < 1.29 is 4.79 Å². The summed E-state index contributed by atoms with van der Waals surface area (Å²) in [6.07, 6.45) is 4.94. The number of anilines is 2. The Balaban J connectivity index is 1.30. The summed E-state index contributed by atoms with van der Waals surface area (Å²) in [6, 6.07) is 10.5. The fraction of sp³-hybridized carbons (Fsp3) is 0.560. The number of carbonyl (C=O) groups excluding carboxylic acids is 1. The van der Waals surface area contributed by atoms with Crippen LogP contribution in [-0.4, -0.2) is 52.7 Å². The van der Waals surface area contributed by atoms with E-state index in [4.69, 9.17) is 0 Å². The fourth-order valence-electron chi connectivity index (χ4n) is 4.83. The summed E-state index contributed by atoms with van der Waals surface area (Å²) in [5, 5.41) is 11.4. The summed E-state index contributed by atoms with van der Waals surface area (Å²) in [4.78, 5) is 17.6. The third-order valence-corrected chi connectivity index (χ3v) is 6.85. The van der Waals surface area contributed by atoms with Gasteiger partial charge in [0.2, 0.25) is 5.91 Å². The Morgan fingerprint density at radius 3 is 2.39 bits per heavy atom. The van der Waals surface area contributed by atoms with E-state index in [2.05, 4.69) is 70.4 Å². The van der Waals surface area contributed by atoms with Gasteiger partial charge in [-0.05, 0) is 95.3 Å². The highest BCUT2D eigenvalue weighted by molar-refractivity contribution is 5.93. The van der Waals surface area contributed by atoms with Crippen molar-refractivity contribution >= 4 is 17.4 Å². The van der Waals surface area contributed by atoms with Gasteiger partial charge in [-0.2, -0.15) is 5.10 Å². The van der Waals surface area contributed by atoms with Crippen molar-refractivity contribution in [1.29, 1.82) is 0 Å². The second kappa shape index (κ2) is 8.95. The van der Waals surface area contributed by atoms with Gasteiger partial charge < -0.3 is 10.2 Å². The van der Waals surface area contributed by atoms with Gasteiger partial charge in [-0.3, -0.25) is 9.69 Å². The van der Waals surface area contributed by atoms with Gasteiger partial charge in [-0.25, -0.2) is 0 Å². The van der Waals surface area contributed by atoms with Crippen molar-refractivity contribution in [3.63, 3.8) is 0 Å². The lowest BCUT2D eigenvalue weighted by atomic mass is 9.87. The molecule has 0 spiro atoms. The molecule has 2 aliphatic rings. The van der Waals surface area contributed by atoms with Gasteiger partial charge in [-0.1, -0.05) is 12.1 Å². The van der Waals surface area contributed by atoms with Crippen LogP contribution in [0.15, 0.2) is 36.5 Å². The predicted octanol–water partition coefficient (Wildman–Crippen LogP) is 4.23. The van der Waals surface area contributed by atoms with Crippen LogP contribution in [0.4, 0.5) is 11.5 Å². The Morgan fingerprint density at radius 1 is 1.03 bits per heavy atom. The molecule has 1 atom stereocenters. The summed E-state index contributed by atoms with van der Waals surface area (Å²) in [5.74, 6) is 1.57. The van der Waals surface area contributed by atoms with Crippen molar-refractivity contribution in [2.24, 2.45) is 5.92 Å². The molecule has 166 valence electrons. The number of amides is 1. The zero-order valence-electron chi connectivity index (χ0n) is 19.3. The molecule has 2 fully saturated rings. The van der Waals surface area contributed by atoms with Crippen LogP contribution in [0.25, 0.3) is 0 Å². The molecule has 0 bridgehead atoms. The number of piperidine rings is 1. The maximum atomic E-state index is 12.8. The third kappa shape index (κ3) is 5.06. The van der Waals surface area contributed by atoms with Crippen LogP contribution in [0.2, 0.25) is 0 Å². The van der Waals surface area contributed by atoms with Crippen molar-refractivity contribution in [2.75, 3.05) is 36.4 Å². The minimum atomic E-state index is -0.0252. The van der Waals surface area contributed by atoms with Crippen LogP contribution in [0.5, 0.6) is 0 Å². The molecule has 0 saturated carbocycles. The number of hydrogen-bond acceptors (Lipinski definition) is 5. The number of hydrogen-bond donors (Lipinski definition) is 1. The van der Waals surface area contributed by atoms with Gasteiger partial charge in [0.15, 0.2) is 5.82 Å². The second-order valence-corrected chi connectivity index (χ2v) is 10.0. The molecule has 1 aromatic carbocycles. The van der Waals surface area contributed by atoms with Crippen LogP contribution >= 0.6 is 0 Å². The number of rotatable bonds is 4. The average Bonchev–Trinajstić information content (AvgIpc) is 3.24. The molecular weight excluding hydrogens is 386 g/mol. The van der Waals surface area contributed by atoms with Crippen LogP contribution < -0.4 is 10.2 Å². The highest BCUT2D eigenvalue weighted by Gasteiger charge is 2.30. The summed E-state index contributed by atoms with van der Waals surface area (Å²) in [6.45, 7) is 12.7. The highest BCUT2D eigenvalue weighted by atomic mass is 16.1. The van der Waals surface area contributed by atoms with E-state index in [1.54, 1.807) is 6.20 Å². The second-order valence-electron chi connectivity index (χ2n) is 10.0. The molecule has 1 aromatic heterocycles. The van der Waals surface area contributed by atoms with Crippen LogP contribution in [0.3, 0.4) is 0 Å². The summed E-state index contributed by atoms with van der Waals surface area (Å²) in [7, 11) is 0. The topological polar surface area (TPSA) is 61.4 Å². The maximum absolute atomic E-state index is 12.8. The van der Waals surface area contributed by atoms with Crippen LogP contribution in [-0.2, 0) is 4.79 Å². The lowest BCUT2D eigenvalue weighted by Gasteiger charge is -2.41. The van der Waals surface area contributed by atoms with Crippen molar-refractivity contribution in [3.8, 4) is 0 Å². The first-order valence-corrected chi connectivity index (χ1v) is 11.5. The largest absolute Gasteiger partial charge is 0.354 e. The summed E-state index contributed by atoms with van der Waals surface area (Å²) in [5.41, 5.74) is 3.62. The molecule has 6 nitrogen and oxygen atoms in total. The van der Waals surface area contributed by atoms with Gasteiger partial charge in [0.1, 0.15) is 0 Å². The molecular formula is C25H35N5O. The summed E-state index contributed by atoms with van der Waals surface area (Å²) < 4.78 is 0. The molecule has 0 aliphatic carbocycles. The van der Waals surface area contributed by atoms with E-state index in [9.17, 15) is 4.79 Å². The SMILES string of the molecule is Cc1ccnnc1N1CC[C@H](C(=O)Nc2ccc(C3CCN(C(C)(C)C)CC3)cc2)C1. The number of aryl methyl sites for hydroxylation is 1. The van der Waals surface area contributed by atoms with E-state index in [0.717, 1.165) is 43.1 Å². The van der Waals surface area contributed by atoms with Crippen molar-refractivity contribution in [2.45, 2.75) is 58.4 Å². The molecule has 4 rings (SSSR count). The van der Waals surface area contributed by atoms with Crippen LogP contribution in [0.1, 0.15) is 57.1 Å². The van der Waals surface area contributed by atoms with E-state index in [0.29, 0.717) is 12.5 Å². The first-order chi connectivity index (χ1) is 14.8. The van der Waals surface area contributed by atoms with Gasteiger partial charge in [0.05, 0.1) is 12.1 Å². The Labute approximate surface area is 186 Å². The molecule has 3 heterocycles. The molecule has 2 aliphatic heterocycles. The van der Waals surface area contributed by atoms with Crippen molar-refractivity contribution in [3.05, 3.63) is 47.7 Å². The van der Waals surface area contributed by atoms with E-state index in [-0.39, 0.29) is 17.4 Å². The Bertz CT molecular complexity index is 897. The zero-order valence-corrected chi connectivity index (χ0v) is 19.3.